The maximum Gasteiger partial charge on any atom is 0.226 e. The number of carbonyl (C=O) groups excluding carboxylic acids is 1. The third-order valence-corrected chi connectivity index (χ3v) is 4.22. The third kappa shape index (κ3) is 5.04. The zero-order chi connectivity index (χ0) is 13.0. The quantitative estimate of drug-likeness (QED) is 0.895. The zero-order valence-electron chi connectivity index (χ0n) is 11.3. The molecule has 7 heteroatoms. The van der Waals surface area contributed by atoms with Gasteiger partial charge in [-0.1, -0.05) is 18.3 Å². The molecule has 2 rings (SSSR count). The molecule has 0 aromatic carbocycles. The van der Waals surface area contributed by atoms with Crippen LogP contribution in [0.25, 0.3) is 0 Å². The van der Waals surface area contributed by atoms with E-state index in [2.05, 4.69) is 27.8 Å². The Bertz CT molecular complexity index is 406. The van der Waals surface area contributed by atoms with E-state index in [1.165, 1.54) is 24.2 Å². The summed E-state index contributed by atoms with van der Waals surface area (Å²) in [5.74, 6) is 1.14. The van der Waals surface area contributed by atoms with E-state index in [4.69, 9.17) is 0 Å². The summed E-state index contributed by atoms with van der Waals surface area (Å²) in [5.41, 5.74) is 0. The molecule has 1 aliphatic heterocycles. The first-order chi connectivity index (χ1) is 8.65. The maximum atomic E-state index is 11.9. The van der Waals surface area contributed by atoms with Crippen molar-refractivity contribution in [2.75, 3.05) is 18.4 Å². The van der Waals surface area contributed by atoms with Gasteiger partial charge in [-0.05, 0) is 44.7 Å². The number of hydrogen-bond acceptors (Lipinski definition) is 5. The summed E-state index contributed by atoms with van der Waals surface area (Å²) in [5, 5.41) is 15.4. The molecule has 1 unspecified atom stereocenters. The largest absolute Gasteiger partial charge is 0.317 e. The molecule has 0 spiro atoms. The van der Waals surface area contributed by atoms with Crippen LogP contribution in [0.1, 0.15) is 31.2 Å². The highest BCUT2D eigenvalue weighted by Gasteiger charge is 2.22. The monoisotopic (exact) mass is 304 g/mol. The van der Waals surface area contributed by atoms with Crippen LogP contribution in [0.2, 0.25) is 0 Å². The minimum atomic E-state index is 0. The summed E-state index contributed by atoms with van der Waals surface area (Å²) in [6.07, 6.45) is 2.92. The van der Waals surface area contributed by atoms with E-state index in [-0.39, 0.29) is 18.3 Å². The minimum absolute atomic E-state index is 0. The number of carbonyl (C=O) groups is 1. The van der Waals surface area contributed by atoms with E-state index in [1.54, 1.807) is 0 Å². The second kappa shape index (κ2) is 7.77. The fourth-order valence-corrected chi connectivity index (χ4v) is 3.00. The van der Waals surface area contributed by atoms with Crippen LogP contribution in [0.15, 0.2) is 0 Å². The Balaban J connectivity index is 0.00000180. The minimum Gasteiger partial charge on any atom is -0.317 e. The molecule has 0 aliphatic carbocycles. The fourth-order valence-electron chi connectivity index (χ4n) is 2.39. The van der Waals surface area contributed by atoms with Crippen molar-refractivity contribution in [1.82, 2.24) is 15.5 Å². The molecule has 1 fully saturated rings. The van der Waals surface area contributed by atoms with Crippen molar-refractivity contribution in [2.24, 2.45) is 11.8 Å². The summed E-state index contributed by atoms with van der Waals surface area (Å²) in [7, 11) is 0. The molecule has 0 radical (unpaired) electrons. The molecule has 1 aromatic heterocycles. The second-order valence-electron chi connectivity index (χ2n) is 4.94. The standard InChI is InChI=1S/C12H20N4OS.ClH/c1-8(10-3-5-13-6-4-10)7-11(17)14-12-16-15-9(2)18-12;/h8,10,13H,3-7H2,1-2H3,(H,14,16,17);1H. The van der Waals surface area contributed by atoms with E-state index in [0.29, 0.717) is 23.4 Å². The van der Waals surface area contributed by atoms with Gasteiger partial charge in [0.15, 0.2) is 0 Å². The molecule has 1 atom stereocenters. The highest BCUT2D eigenvalue weighted by molar-refractivity contribution is 7.15. The lowest BCUT2D eigenvalue weighted by Crippen LogP contribution is -2.32. The van der Waals surface area contributed by atoms with Crippen molar-refractivity contribution in [2.45, 2.75) is 33.1 Å². The Morgan fingerprint density at radius 3 is 2.74 bits per heavy atom. The van der Waals surface area contributed by atoms with Gasteiger partial charge in [-0.3, -0.25) is 4.79 Å². The molecule has 108 valence electrons. The first-order valence-electron chi connectivity index (χ1n) is 6.46. The second-order valence-corrected chi connectivity index (χ2v) is 6.12. The highest BCUT2D eigenvalue weighted by atomic mass is 35.5. The lowest BCUT2D eigenvalue weighted by molar-refractivity contribution is -0.117. The van der Waals surface area contributed by atoms with Crippen molar-refractivity contribution in [1.29, 1.82) is 0 Å². The lowest BCUT2D eigenvalue weighted by atomic mass is 9.84. The molecule has 5 nitrogen and oxygen atoms in total. The topological polar surface area (TPSA) is 66.9 Å². The molecule has 0 bridgehead atoms. The number of piperidine rings is 1. The normalized spacial score (nSPS) is 17.6. The van der Waals surface area contributed by atoms with E-state index >= 15 is 0 Å². The number of nitrogens with one attached hydrogen (secondary N) is 2. The number of anilines is 1. The number of aromatic nitrogens is 2. The molecule has 1 aromatic rings. The summed E-state index contributed by atoms with van der Waals surface area (Å²) < 4.78 is 0. The number of hydrogen-bond donors (Lipinski definition) is 2. The van der Waals surface area contributed by atoms with Crippen molar-refractivity contribution < 1.29 is 4.79 Å². The molecule has 19 heavy (non-hydrogen) atoms. The molecular weight excluding hydrogens is 284 g/mol. The van der Waals surface area contributed by atoms with Crippen molar-refractivity contribution in [3.05, 3.63) is 5.01 Å². The van der Waals surface area contributed by atoms with Gasteiger partial charge >= 0.3 is 0 Å². The van der Waals surface area contributed by atoms with Crippen LogP contribution in [-0.2, 0) is 4.79 Å². The average molecular weight is 305 g/mol. The molecular formula is C12H21ClN4OS. The van der Waals surface area contributed by atoms with Gasteiger partial charge in [-0.2, -0.15) is 0 Å². The van der Waals surface area contributed by atoms with Gasteiger partial charge in [-0.15, -0.1) is 22.6 Å². The molecule has 2 heterocycles. The highest BCUT2D eigenvalue weighted by Crippen LogP contribution is 2.25. The molecule has 0 saturated carbocycles. The summed E-state index contributed by atoms with van der Waals surface area (Å²) in [4.78, 5) is 11.9. The number of halogens is 1. The van der Waals surface area contributed by atoms with Crippen LogP contribution in [0.3, 0.4) is 0 Å². The van der Waals surface area contributed by atoms with E-state index in [1.807, 2.05) is 6.92 Å². The Kier molecular flexibility index (Phi) is 6.68. The predicted octanol–water partition coefficient (Wildman–Crippen LogP) is 2.23. The molecule has 1 amide bonds. The summed E-state index contributed by atoms with van der Waals surface area (Å²) in [6.45, 7) is 6.20. The number of aryl methyl sites for hydroxylation is 1. The van der Waals surface area contributed by atoms with Gasteiger partial charge in [0.1, 0.15) is 5.01 Å². The number of amides is 1. The van der Waals surface area contributed by atoms with Crippen LogP contribution >= 0.6 is 23.7 Å². The smallest absolute Gasteiger partial charge is 0.226 e. The van der Waals surface area contributed by atoms with Crippen LogP contribution < -0.4 is 10.6 Å². The first-order valence-corrected chi connectivity index (χ1v) is 7.27. The number of nitrogens with zero attached hydrogens (tertiary/aromatic N) is 2. The van der Waals surface area contributed by atoms with E-state index in [0.717, 1.165) is 18.1 Å². The fraction of sp³-hybridized carbons (Fsp3) is 0.750. The number of rotatable bonds is 4. The van der Waals surface area contributed by atoms with Crippen molar-refractivity contribution in [3.63, 3.8) is 0 Å². The van der Waals surface area contributed by atoms with Gasteiger partial charge in [0.25, 0.3) is 0 Å². The lowest BCUT2D eigenvalue weighted by Gasteiger charge is -2.27. The van der Waals surface area contributed by atoms with Crippen molar-refractivity contribution in [3.8, 4) is 0 Å². The van der Waals surface area contributed by atoms with Crippen LogP contribution in [-0.4, -0.2) is 29.2 Å². The predicted molar refractivity (Wildman–Crippen MR) is 79.9 cm³/mol. The van der Waals surface area contributed by atoms with Gasteiger partial charge in [-0.25, -0.2) is 0 Å². The van der Waals surface area contributed by atoms with E-state index < -0.39 is 0 Å². The summed E-state index contributed by atoms with van der Waals surface area (Å²) in [6, 6.07) is 0. The van der Waals surface area contributed by atoms with Gasteiger partial charge in [0, 0.05) is 6.42 Å². The zero-order valence-corrected chi connectivity index (χ0v) is 12.9. The molecule has 1 aliphatic rings. The van der Waals surface area contributed by atoms with Crippen LogP contribution in [0.4, 0.5) is 5.13 Å². The van der Waals surface area contributed by atoms with Gasteiger partial charge in [0.05, 0.1) is 0 Å². The first kappa shape index (κ1) is 16.3. The van der Waals surface area contributed by atoms with Crippen LogP contribution in [0.5, 0.6) is 0 Å². The Hall–Kier alpha value is -0.720. The average Bonchev–Trinajstić information content (AvgIpc) is 2.75. The van der Waals surface area contributed by atoms with E-state index in [9.17, 15) is 4.79 Å². The SMILES string of the molecule is Cc1nnc(NC(=O)CC(C)C2CCNCC2)s1.Cl. The van der Waals surface area contributed by atoms with Gasteiger partial charge in [0.2, 0.25) is 11.0 Å². The Morgan fingerprint density at radius 1 is 1.47 bits per heavy atom. The van der Waals surface area contributed by atoms with Crippen LogP contribution in [0, 0.1) is 18.8 Å². The molecule has 1 saturated heterocycles. The maximum absolute atomic E-state index is 11.9. The van der Waals surface area contributed by atoms with Gasteiger partial charge < -0.3 is 10.6 Å². The Labute approximate surface area is 124 Å². The molecule has 2 N–H and O–H groups in total. The third-order valence-electron chi connectivity index (χ3n) is 3.47. The van der Waals surface area contributed by atoms with Crippen molar-refractivity contribution >= 4 is 34.8 Å². The summed E-state index contributed by atoms with van der Waals surface area (Å²) >= 11 is 1.41. The Morgan fingerprint density at radius 2 is 2.16 bits per heavy atom.